The molecule has 0 aromatic heterocycles. The maximum Gasteiger partial charge on any atom is 0.136 e. The lowest BCUT2D eigenvalue weighted by atomic mass is 9.47. The molecule has 0 aromatic carbocycles. The average molecular weight is 653 g/mol. The van der Waals surface area contributed by atoms with E-state index in [1.54, 1.807) is 5.57 Å². The van der Waals surface area contributed by atoms with Crippen LogP contribution in [0.4, 0.5) is 0 Å². The van der Waals surface area contributed by atoms with Crippen molar-refractivity contribution in [2.24, 2.45) is 52.3 Å². The second kappa shape index (κ2) is 19.1. The van der Waals surface area contributed by atoms with E-state index in [1.165, 1.54) is 128 Å². The van der Waals surface area contributed by atoms with Gasteiger partial charge in [-0.25, -0.2) is 0 Å². The van der Waals surface area contributed by atoms with Gasteiger partial charge in [0.2, 0.25) is 0 Å². The van der Waals surface area contributed by atoms with Crippen LogP contribution in [0.5, 0.6) is 0 Å². The Morgan fingerprint density at radius 1 is 0.787 bits per heavy atom. The Bertz CT molecular complexity index is 950. The summed E-state index contributed by atoms with van der Waals surface area (Å²) in [6.45, 7) is 14.7. The first-order valence-corrected chi connectivity index (χ1v) is 21.5. The van der Waals surface area contributed by atoms with Gasteiger partial charge in [0.15, 0.2) is 0 Å². The molecule has 0 spiro atoms. The van der Waals surface area contributed by atoms with Crippen LogP contribution >= 0.6 is 0 Å². The molecule has 3 saturated carbocycles. The van der Waals surface area contributed by atoms with E-state index in [0.717, 1.165) is 56.3 Å². The molecule has 1 unspecified atom stereocenters. The third-order valence-corrected chi connectivity index (χ3v) is 14.7. The first-order valence-electron chi connectivity index (χ1n) is 21.5. The number of hydrogen-bond acceptors (Lipinski definition) is 2. The topological polar surface area (TPSA) is 37.3 Å². The number of aliphatic hydroxyl groups excluding tert-OH is 1. The molecular weight excluding hydrogens is 572 g/mol. The van der Waals surface area contributed by atoms with Gasteiger partial charge in [0.1, 0.15) is 5.78 Å². The third-order valence-electron chi connectivity index (χ3n) is 14.7. The summed E-state index contributed by atoms with van der Waals surface area (Å²) in [6.07, 6.45) is 35.9. The summed E-state index contributed by atoms with van der Waals surface area (Å²) in [6, 6.07) is 0. The van der Waals surface area contributed by atoms with Crippen molar-refractivity contribution in [3.63, 3.8) is 0 Å². The van der Waals surface area contributed by atoms with Crippen molar-refractivity contribution in [2.75, 3.05) is 0 Å². The Morgan fingerprint density at radius 2 is 1.38 bits per heavy atom. The predicted molar refractivity (Wildman–Crippen MR) is 202 cm³/mol. The molecule has 0 heterocycles. The first kappa shape index (κ1) is 39.2. The molecule has 4 aliphatic rings. The number of ketones is 1. The number of unbranched alkanes of at least 4 members (excludes halogenated alkanes) is 14. The zero-order valence-corrected chi connectivity index (χ0v) is 32.4. The molecule has 3 fully saturated rings. The molecule has 0 amide bonds. The molecule has 4 rings (SSSR count). The van der Waals surface area contributed by atoms with Crippen molar-refractivity contribution >= 4 is 5.78 Å². The van der Waals surface area contributed by atoms with E-state index < -0.39 is 0 Å². The third kappa shape index (κ3) is 10.2. The highest BCUT2D eigenvalue weighted by Gasteiger charge is 2.62. The van der Waals surface area contributed by atoms with Crippen molar-refractivity contribution in [1.82, 2.24) is 0 Å². The number of carbonyl (C=O) groups excluding carboxylic acids is 1. The van der Waals surface area contributed by atoms with Crippen LogP contribution < -0.4 is 0 Å². The normalized spacial score (nSPS) is 34.1. The van der Waals surface area contributed by atoms with Crippen molar-refractivity contribution in [2.45, 2.75) is 215 Å². The zero-order valence-electron chi connectivity index (χ0n) is 32.4. The average Bonchev–Trinajstić information content (AvgIpc) is 3.36. The van der Waals surface area contributed by atoms with E-state index in [9.17, 15) is 9.90 Å². The van der Waals surface area contributed by atoms with E-state index in [0.29, 0.717) is 29.0 Å². The summed E-state index contributed by atoms with van der Waals surface area (Å²) in [4.78, 5) is 14.2. The van der Waals surface area contributed by atoms with Crippen molar-refractivity contribution < 1.29 is 9.90 Å². The van der Waals surface area contributed by atoms with Crippen molar-refractivity contribution in [3.05, 3.63) is 11.6 Å². The second-order valence-electron chi connectivity index (χ2n) is 18.5. The molecule has 0 bridgehead atoms. The Labute approximate surface area is 293 Å². The predicted octanol–water partition coefficient (Wildman–Crippen LogP) is 13.4. The molecule has 47 heavy (non-hydrogen) atoms. The van der Waals surface area contributed by atoms with Gasteiger partial charge in [-0.1, -0.05) is 162 Å². The Balaban J connectivity index is 1.26. The van der Waals surface area contributed by atoms with Crippen LogP contribution in [0.15, 0.2) is 11.6 Å². The number of carbonyl (C=O) groups is 1. The van der Waals surface area contributed by atoms with Crippen LogP contribution in [-0.2, 0) is 4.79 Å². The Morgan fingerprint density at radius 3 is 1.98 bits per heavy atom. The lowest BCUT2D eigenvalue weighted by Crippen LogP contribution is -2.51. The highest BCUT2D eigenvalue weighted by Crippen LogP contribution is 2.68. The standard InChI is InChI=1S/C45H80O2/c1-7-8-9-10-11-12-13-14-15-16-17-18-19-20-21-25-42(47)39-33-41-38-27-26-36-32-37(46)28-30-44(36,5)40(38)29-31-45(41,6)43(39)35(4)24-22-23-34(2)3/h26,34-35,37-41,43,46H,7-25,27-33H2,1-6H3/t35-,37+,38-,39?,40+,41+,43+,44+,45+/m1/s1. The van der Waals surface area contributed by atoms with Crippen molar-refractivity contribution in [3.8, 4) is 0 Å². The van der Waals surface area contributed by atoms with Crippen LogP contribution in [-0.4, -0.2) is 17.0 Å². The molecular formula is C45H80O2. The Hall–Kier alpha value is -0.630. The SMILES string of the molecule is CCCCCCCCCCCCCCCCCC(=O)C1C[C@H]2[C@@H]3CC=C4C[C@@H](O)CC[C@]4(C)[C@H]3CC[C@]2(C)[C@H]1[C@H](C)CCCC(C)C. The van der Waals surface area contributed by atoms with Gasteiger partial charge in [-0.15, -0.1) is 0 Å². The van der Waals surface area contributed by atoms with Gasteiger partial charge in [0, 0.05) is 12.3 Å². The largest absolute Gasteiger partial charge is 0.393 e. The van der Waals surface area contributed by atoms with E-state index in [1.807, 2.05) is 0 Å². The van der Waals surface area contributed by atoms with Crippen LogP contribution in [0.25, 0.3) is 0 Å². The van der Waals surface area contributed by atoms with E-state index in [4.69, 9.17) is 0 Å². The molecule has 2 nitrogen and oxygen atoms in total. The minimum absolute atomic E-state index is 0.135. The smallest absolute Gasteiger partial charge is 0.136 e. The van der Waals surface area contributed by atoms with Crippen LogP contribution in [0.2, 0.25) is 0 Å². The van der Waals surface area contributed by atoms with E-state index >= 15 is 0 Å². The molecule has 2 heteroatoms. The summed E-state index contributed by atoms with van der Waals surface area (Å²) < 4.78 is 0. The van der Waals surface area contributed by atoms with Gasteiger partial charge >= 0.3 is 0 Å². The molecule has 272 valence electrons. The lowest BCUT2D eigenvalue weighted by Gasteiger charge is -2.58. The molecule has 9 atom stereocenters. The monoisotopic (exact) mass is 653 g/mol. The maximum atomic E-state index is 14.2. The lowest BCUT2D eigenvalue weighted by molar-refractivity contribution is -0.125. The number of allylic oxidation sites excluding steroid dienone is 1. The van der Waals surface area contributed by atoms with Gasteiger partial charge in [0.05, 0.1) is 6.10 Å². The van der Waals surface area contributed by atoms with Crippen LogP contribution in [0, 0.1) is 52.3 Å². The fourth-order valence-corrected chi connectivity index (χ4v) is 12.0. The summed E-state index contributed by atoms with van der Waals surface area (Å²) in [5, 5.41) is 10.5. The first-order chi connectivity index (χ1) is 22.6. The summed E-state index contributed by atoms with van der Waals surface area (Å²) in [5.74, 6) is 5.06. The van der Waals surface area contributed by atoms with Gasteiger partial charge in [-0.3, -0.25) is 4.79 Å². The molecule has 0 saturated heterocycles. The van der Waals surface area contributed by atoms with Gasteiger partial charge in [-0.05, 0) is 97.7 Å². The van der Waals surface area contributed by atoms with E-state index in [-0.39, 0.29) is 17.4 Å². The van der Waals surface area contributed by atoms with Gasteiger partial charge in [0.25, 0.3) is 0 Å². The van der Waals surface area contributed by atoms with Crippen molar-refractivity contribution in [1.29, 1.82) is 0 Å². The maximum absolute atomic E-state index is 14.2. The minimum atomic E-state index is -0.135. The van der Waals surface area contributed by atoms with Crippen LogP contribution in [0.3, 0.4) is 0 Å². The number of fused-ring (bicyclic) bond motifs is 5. The second-order valence-corrected chi connectivity index (χ2v) is 18.5. The number of hydrogen-bond donors (Lipinski definition) is 1. The number of rotatable bonds is 22. The molecule has 0 aliphatic heterocycles. The minimum Gasteiger partial charge on any atom is -0.393 e. The zero-order chi connectivity index (χ0) is 33.9. The van der Waals surface area contributed by atoms with Gasteiger partial charge in [-0.2, -0.15) is 0 Å². The molecule has 1 N–H and O–H groups in total. The number of Topliss-reactive ketones (excluding diaryl/α,β-unsaturated/α-hetero) is 1. The fourth-order valence-electron chi connectivity index (χ4n) is 12.0. The highest BCUT2D eigenvalue weighted by molar-refractivity contribution is 5.82. The molecule has 0 aromatic rings. The summed E-state index contributed by atoms with van der Waals surface area (Å²) >= 11 is 0. The van der Waals surface area contributed by atoms with Crippen LogP contribution in [0.1, 0.15) is 208 Å². The van der Waals surface area contributed by atoms with Gasteiger partial charge < -0.3 is 5.11 Å². The Kier molecular flexibility index (Phi) is 15.9. The quantitative estimate of drug-likeness (QED) is 0.0933. The molecule has 0 radical (unpaired) electrons. The fraction of sp³-hybridized carbons (Fsp3) is 0.933. The number of aliphatic hydroxyl groups is 1. The summed E-state index contributed by atoms with van der Waals surface area (Å²) in [5.41, 5.74) is 2.15. The van der Waals surface area contributed by atoms with E-state index in [2.05, 4.69) is 47.6 Å². The highest BCUT2D eigenvalue weighted by atomic mass is 16.3. The molecule has 4 aliphatic carbocycles. The summed E-state index contributed by atoms with van der Waals surface area (Å²) in [7, 11) is 0.